The second-order valence-corrected chi connectivity index (χ2v) is 2.01. The smallest absolute Gasteiger partial charge is 0.00624 e. The molecular formula is C8H13N. The van der Waals surface area contributed by atoms with Crippen molar-refractivity contribution in [3.8, 4) is 0 Å². The van der Waals surface area contributed by atoms with Crippen LogP contribution in [0.5, 0.6) is 0 Å². The van der Waals surface area contributed by atoms with Crippen LogP contribution in [-0.4, -0.2) is 0 Å². The third-order valence-corrected chi connectivity index (χ3v) is 0.763. The lowest BCUT2D eigenvalue weighted by Crippen LogP contribution is -1.71. The molecule has 0 aliphatic carbocycles. The Morgan fingerprint density at radius 1 is 1.11 bits per heavy atom. The molecule has 50 valence electrons. The Labute approximate surface area is 56.6 Å². The van der Waals surface area contributed by atoms with Gasteiger partial charge in [-0.2, -0.15) is 0 Å². The molecule has 0 spiro atoms. The van der Waals surface area contributed by atoms with E-state index < -0.39 is 0 Å². The molecule has 9 heavy (non-hydrogen) atoms. The molecule has 0 aromatic carbocycles. The van der Waals surface area contributed by atoms with Crippen molar-refractivity contribution in [2.75, 3.05) is 0 Å². The molecule has 0 radical (unpaired) electrons. The Bertz CT molecular complexity index is 137. The van der Waals surface area contributed by atoms with Gasteiger partial charge in [-0.1, -0.05) is 23.8 Å². The van der Waals surface area contributed by atoms with Crippen molar-refractivity contribution >= 4 is 0 Å². The quantitative estimate of drug-likeness (QED) is 0.558. The van der Waals surface area contributed by atoms with Crippen molar-refractivity contribution < 1.29 is 0 Å². The third kappa shape index (κ3) is 7.02. The van der Waals surface area contributed by atoms with Crippen molar-refractivity contribution in [3.63, 3.8) is 0 Å². The van der Waals surface area contributed by atoms with Gasteiger partial charge in [0.2, 0.25) is 0 Å². The summed E-state index contributed by atoms with van der Waals surface area (Å²) < 4.78 is 0. The molecule has 0 aromatic rings. The molecule has 0 saturated heterocycles. The van der Waals surface area contributed by atoms with Crippen LogP contribution in [0.25, 0.3) is 0 Å². The number of rotatable bonds is 2. The van der Waals surface area contributed by atoms with Crippen LogP contribution in [0.1, 0.15) is 13.8 Å². The maximum atomic E-state index is 5.09. The predicted molar refractivity (Wildman–Crippen MR) is 41.9 cm³/mol. The van der Waals surface area contributed by atoms with Crippen molar-refractivity contribution in [3.05, 3.63) is 36.1 Å². The Balaban J connectivity index is 3.60. The summed E-state index contributed by atoms with van der Waals surface area (Å²) >= 11 is 0. The minimum Gasteiger partial charge on any atom is -0.405 e. The number of hydrogen-bond acceptors (Lipinski definition) is 1. The fraction of sp³-hybridized carbons (Fsp3) is 0.250. The van der Waals surface area contributed by atoms with E-state index in [1.165, 1.54) is 11.8 Å². The van der Waals surface area contributed by atoms with Gasteiger partial charge in [0.1, 0.15) is 0 Å². The van der Waals surface area contributed by atoms with Crippen LogP contribution in [0, 0.1) is 0 Å². The first kappa shape index (κ1) is 8.02. The summed E-state index contributed by atoms with van der Waals surface area (Å²) in [6.45, 7) is 4.10. The molecule has 0 saturated carbocycles. The zero-order chi connectivity index (χ0) is 7.11. The highest BCUT2D eigenvalue weighted by Gasteiger charge is 1.67. The van der Waals surface area contributed by atoms with Gasteiger partial charge >= 0.3 is 0 Å². The van der Waals surface area contributed by atoms with E-state index in [2.05, 4.69) is 13.8 Å². The largest absolute Gasteiger partial charge is 0.405 e. The van der Waals surface area contributed by atoms with Crippen molar-refractivity contribution in [2.45, 2.75) is 13.8 Å². The monoisotopic (exact) mass is 123 g/mol. The van der Waals surface area contributed by atoms with Gasteiger partial charge in [-0.15, -0.1) is 0 Å². The van der Waals surface area contributed by atoms with E-state index in [1.54, 1.807) is 6.08 Å². The van der Waals surface area contributed by atoms with E-state index in [0.717, 1.165) is 0 Å². The van der Waals surface area contributed by atoms with Gasteiger partial charge in [-0.05, 0) is 26.1 Å². The van der Waals surface area contributed by atoms with Gasteiger partial charge in [0, 0.05) is 0 Å². The van der Waals surface area contributed by atoms with Gasteiger partial charge in [-0.3, -0.25) is 0 Å². The molecule has 1 nitrogen and oxygen atoms in total. The summed E-state index contributed by atoms with van der Waals surface area (Å²) in [6.07, 6.45) is 9.18. The zero-order valence-electron chi connectivity index (χ0n) is 5.96. The highest BCUT2D eigenvalue weighted by molar-refractivity contribution is 5.13. The normalized spacial score (nSPS) is 10.9. The summed E-state index contributed by atoms with van der Waals surface area (Å²) in [4.78, 5) is 0. The molecular weight excluding hydrogens is 110 g/mol. The fourth-order valence-corrected chi connectivity index (χ4v) is 0.376. The van der Waals surface area contributed by atoms with E-state index in [-0.39, 0.29) is 0 Å². The zero-order valence-corrected chi connectivity index (χ0v) is 5.96. The first-order chi connectivity index (χ1) is 4.27. The highest BCUT2D eigenvalue weighted by Crippen LogP contribution is 1.88. The molecule has 0 fully saturated rings. The number of allylic oxidation sites excluding steroid dienone is 5. The molecule has 0 aliphatic heterocycles. The highest BCUT2D eigenvalue weighted by atomic mass is 14.5. The van der Waals surface area contributed by atoms with Gasteiger partial charge in [0.05, 0.1) is 0 Å². The van der Waals surface area contributed by atoms with Crippen LogP contribution in [-0.2, 0) is 0 Å². The molecule has 0 amide bonds. The first-order valence-corrected chi connectivity index (χ1v) is 2.96. The Morgan fingerprint density at radius 3 is 2.22 bits per heavy atom. The van der Waals surface area contributed by atoms with E-state index in [1.807, 2.05) is 18.2 Å². The lowest BCUT2D eigenvalue weighted by atomic mass is 10.3. The van der Waals surface area contributed by atoms with Gasteiger partial charge in [-0.25, -0.2) is 0 Å². The minimum atomic E-state index is 1.29. The van der Waals surface area contributed by atoms with Crippen molar-refractivity contribution in [1.82, 2.24) is 0 Å². The maximum absolute atomic E-state index is 5.09. The number of hydrogen-bond donors (Lipinski definition) is 1. The lowest BCUT2D eigenvalue weighted by molar-refractivity contribution is 1.39. The minimum absolute atomic E-state index is 1.29. The standard InChI is InChI=1S/C8H13N/c1-8(2)6-4-3-5-7-9/h3-7H,9H2,1-2H3/b4-3-,7-5+. The van der Waals surface area contributed by atoms with Crippen LogP contribution in [0.15, 0.2) is 36.1 Å². The SMILES string of the molecule is CC(C)=C/C=C\C=C\N. The van der Waals surface area contributed by atoms with Crippen LogP contribution in [0.2, 0.25) is 0 Å². The van der Waals surface area contributed by atoms with E-state index in [4.69, 9.17) is 5.73 Å². The Kier molecular flexibility index (Phi) is 4.60. The summed E-state index contributed by atoms with van der Waals surface area (Å²) in [5, 5.41) is 0. The summed E-state index contributed by atoms with van der Waals surface area (Å²) in [5.74, 6) is 0. The third-order valence-electron chi connectivity index (χ3n) is 0.763. The average molecular weight is 123 g/mol. The van der Waals surface area contributed by atoms with E-state index in [0.29, 0.717) is 0 Å². The van der Waals surface area contributed by atoms with Gasteiger partial charge < -0.3 is 5.73 Å². The second-order valence-electron chi connectivity index (χ2n) is 2.01. The molecule has 0 heterocycles. The summed E-state index contributed by atoms with van der Waals surface area (Å²) in [6, 6.07) is 0. The molecule has 1 heteroatoms. The van der Waals surface area contributed by atoms with Gasteiger partial charge in [0.25, 0.3) is 0 Å². The lowest BCUT2D eigenvalue weighted by Gasteiger charge is -1.79. The summed E-state index contributed by atoms with van der Waals surface area (Å²) in [7, 11) is 0. The molecule has 0 aliphatic rings. The number of nitrogens with two attached hydrogens (primary N) is 1. The molecule has 0 unspecified atom stereocenters. The van der Waals surface area contributed by atoms with E-state index in [9.17, 15) is 0 Å². The van der Waals surface area contributed by atoms with Crippen LogP contribution in [0.3, 0.4) is 0 Å². The first-order valence-electron chi connectivity index (χ1n) is 2.96. The Hall–Kier alpha value is -0.980. The van der Waals surface area contributed by atoms with Gasteiger partial charge in [0.15, 0.2) is 0 Å². The van der Waals surface area contributed by atoms with E-state index >= 15 is 0 Å². The molecule has 2 N–H and O–H groups in total. The van der Waals surface area contributed by atoms with Crippen LogP contribution < -0.4 is 5.73 Å². The fourth-order valence-electron chi connectivity index (χ4n) is 0.376. The summed E-state index contributed by atoms with van der Waals surface area (Å²) in [5.41, 5.74) is 6.38. The van der Waals surface area contributed by atoms with Crippen LogP contribution >= 0.6 is 0 Å². The van der Waals surface area contributed by atoms with Crippen LogP contribution in [0.4, 0.5) is 0 Å². The Morgan fingerprint density at radius 2 is 1.78 bits per heavy atom. The second kappa shape index (κ2) is 5.16. The topological polar surface area (TPSA) is 26.0 Å². The molecule has 0 rings (SSSR count). The average Bonchev–Trinajstić information content (AvgIpc) is 1.80. The van der Waals surface area contributed by atoms with Crippen molar-refractivity contribution in [1.29, 1.82) is 0 Å². The molecule has 0 aromatic heterocycles. The van der Waals surface area contributed by atoms with Crippen molar-refractivity contribution in [2.24, 2.45) is 5.73 Å². The maximum Gasteiger partial charge on any atom is -0.00624 e. The molecule has 0 atom stereocenters. The predicted octanol–water partition coefficient (Wildman–Crippen LogP) is 1.98. The molecule has 0 bridgehead atoms.